The maximum absolute atomic E-state index is 9.76. The van der Waals surface area contributed by atoms with Crippen molar-refractivity contribution in [3.8, 4) is 65.5 Å². The van der Waals surface area contributed by atoms with Crippen LogP contribution in [0.2, 0.25) is 0 Å². The Labute approximate surface area is 357 Å². The van der Waals surface area contributed by atoms with E-state index in [-0.39, 0.29) is 11.3 Å². The Morgan fingerprint density at radius 2 is 0.868 bits per heavy atom. The smallest absolute Gasteiger partial charge is 0.0972 e. The summed E-state index contributed by atoms with van der Waals surface area (Å²) in [5, 5.41) is -2.50. The first-order chi connectivity index (χ1) is 39.6. The fourth-order valence-corrected chi connectivity index (χ4v) is 6.89. The maximum Gasteiger partial charge on any atom is 0.0972 e. The van der Waals surface area contributed by atoms with Crippen LogP contribution >= 0.6 is 11.3 Å². The van der Waals surface area contributed by atoms with Gasteiger partial charge in [0, 0.05) is 43.4 Å². The Balaban J connectivity index is 1.39. The van der Waals surface area contributed by atoms with Crippen LogP contribution in [-0.4, -0.2) is 9.97 Å². The molecule has 3 aromatic heterocycles. The number of benzene rings is 7. The van der Waals surface area contributed by atoms with E-state index in [0.29, 0.717) is 0 Å². The molecule has 0 atom stereocenters. The molecule has 0 aliphatic rings. The predicted octanol–water partition coefficient (Wildman–Crippen LogP) is 14.0. The molecule has 10 rings (SSSR count). The van der Waals surface area contributed by atoms with E-state index in [0.717, 1.165) is 0 Å². The molecule has 248 valence electrons. The molecular formula is C50H32N2S. The van der Waals surface area contributed by atoms with E-state index >= 15 is 0 Å². The lowest BCUT2D eigenvalue weighted by atomic mass is 9.90. The Kier molecular flexibility index (Phi) is 3.09. The van der Waals surface area contributed by atoms with Gasteiger partial charge in [-0.1, -0.05) is 175 Å². The van der Waals surface area contributed by atoms with Crippen molar-refractivity contribution in [3.05, 3.63) is 193 Å². The molecule has 3 heterocycles. The second-order valence-corrected chi connectivity index (χ2v) is 11.9. The molecule has 0 aliphatic heterocycles. The summed E-state index contributed by atoms with van der Waals surface area (Å²) in [7, 11) is 0. The molecule has 2 nitrogen and oxygen atoms in total. The van der Waals surface area contributed by atoms with Crippen LogP contribution in [0.25, 0.3) is 98.1 Å². The first-order valence-electron chi connectivity index (χ1n) is 31.3. The SMILES string of the molecule is [2H]c1nc2c(c([2H])c1[2H])c([2H])c([2H])c1c([2H])c([2H])c(-c3c([2H])c([2H])c(-c4c([2H])c([2H])c(-c5sc(-c6c([2H])c([2H])c([2H])c([2H])c6[2H])c(-c6c([2H])c([2H])c([2H])c([2H])c6[2H])c5-c5c([2H])c([2H])c([2H])c([2H])c5[2H])c([2H])c4[2H])c4c([2H])c([2H])c([2H])c([2H])c34)nc12. The van der Waals surface area contributed by atoms with Crippen LogP contribution in [0.15, 0.2) is 193 Å². The van der Waals surface area contributed by atoms with Gasteiger partial charge in [-0.25, -0.2) is 4.98 Å². The van der Waals surface area contributed by atoms with Gasteiger partial charge in [-0.2, -0.15) is 0 Å². The van der Waals surface area contributed by atoms with E-state index in [1.165, 1.54) is 0 Å². The summed E-state index contributed by atoms with van der Waals surface area (Å²) in [6.07, 6.45) is -0.793. The minimum atomic E-state index is -1.17. The van der Waals surface area contributed by atoms with Crippen LogP contribution in [0, 0.1) is 0 Å². The second-order valence-electron chi connectivity index (χ2n) is 10.9. The van der Waals surface area contributed by atoms with Crippen molar-refractivity contribution in [2.24, 2.45) is 0 Å². The van der Waals surface area contributed by atoms with Gasteiger partial charge in [-0.3, -0.25) is 4.98 Å². The molecule has 0 N–H and O–H groups in total. The minimum absolute atomic E-state index is 0.260. The number of thiophene rings is 1. The third kappa shape index (κ3) is 5.50. The highest BCUT2D eigenvalue weighted by Gasteiger charge is 2.23. The molecule has 0 saturated carbocycles. The van der Waals surface area contributed by atoms with Crippen LogP contribution in [0.1, 0.15) is 43.9 Å². The summed E-state index contributed by atoms with van der Waals surface area (Å²) in [5.74, 6) is 0. The van der Waals surface area contributed by atoms with Crippen LogP contribution in [-0.2, 0) is 0 Å². The van der Waals surface area contributed by atoms with Crippen molar-refractivity contribution < 1.29 is 43.9 Å². The van der Waals surface area contributed by atoms with E-state index in [9.17, 15) is 15.1 Å². The van der Waals surface area contributed by atoms with E-state index in [1.54, 1.807) is 0 Å². The molecular weight excluding hydrogens is 661 g/mol. The lowest BCUT2D eigenvalue weighted by molar-refractivity contribution is 1.37. The van der Waals surface area contributed by atoms with Gasteiger partial charge in [0.2, 0.25) is 0 Å². The predicted molar refractivity (Wildman–Crippen MR) is 225 cm³/mol. The number of rotatable bonds is 6. The van der Waals surface area contributed by atoms with Gasteiger partial charge in [-0.05, 0) is 56.2 Å². The summed E-state index contributed by atoms with van der Waals surface area (Å²) in [5.41, 5.74) is -9.17. The topological polar surface area (TPSA) is 25.8 Å². The van der Waals surface area contributed by atoms with Crippen LogP contribution < -0.4 is 0 Å². The second kappa shape index (κ2) is 13.1. The van der Waals surface area contributed by atoms with Gasteiger partial charge in [0.05, 0.1) is 60.6 Å². The summed E-state index contributed by atoms with van der Waals surface area (Å²) < 4.78 is 287. The zero-order chi connectivity index (χ0) is 63.0. The monoisotopic (exact) mass is 724 g/mol. The van der Waals surface area contributed by atoms with E-state index in [1.807, 2.05) is 0 Å². The summed E-state index contributed by atoms with van der Waals surface area (Å²) in [6.45, 7) is 0. The summed E-state index contributed by atoms with van der Waals surface area (Å²) >= 11 is 0.260. The van der Waals surface area contributed by atoms with Crippen LogP contribution in [0.3, 0.4) is 0 Å². The molecule has 0 unspecified atom stereocenters. The standard InChI is InChI=1S/C50H32N2S/c1-4-13-34(14-5-1)45-46(35-15-6-2-7-16-35)50(53-49(45)38-17-8-3-9-18-38)39-26-22-33(23-27-39)40-29-30-43(42-21-11-10-20-41(40)42)44-31-28-37-25-24-36-19-12-32-51-47(36)48(37)52-44/h1-32H/i1D,2D,3D,4D,5D,6D,7D,8D,9D,10D,11D,12D,13D,14D,15D,16D,17D,18D,19D,20D,21D,22D,23D,24D,25D,26D,27D,28D,29D,30D,31D,32D. The van der Waals surface area contributed by atoms with E-state index < -0.39 is 292 Å². The normalized spacial score (nSPS) is 19.8. The summed E-state index contributed by atoms with van der Waals surface area (Å²) in [4.78, 5) is 7.15. The molecule has 0 spiro atoms. The first-order valence-corrected chi connectivity index (χ1v) is 16.1. The van der Waals surface area contributed by atoms with Crippen molar-refractivity contribution in [2.75, 3.05) is 0 Å². The quantitative estimate of drug-likeness (QED) is 0.160. The van der Waals surface area contributed by atoms with Gasteiger partial charge in [0.15, 0.2) is 0 Å². The Morgan fingerprint density at radius 3 is 1.51 bits per heavy atom. The lowest BCUT2D eigenvalue weighted by Crippen LogP contribution is -1.91. The average molecular weight is 725 g/mol. The number of aromatic nitrogens is 2. The Hall–Kier alpha value is -6.68. The molecule has 7 aromatic carbocycles. The molecule has 0 fully saturated rings. The third-order valence-electron chi connectivity index (χ3n) is 7.93. The molecule has 53 heavy (non-hydrogen) atoms. The van der Waals surface area contributed by atoms with E-state index in [2.05, 4.69) is 9.97 Å². The average Bonchev–Trinajstić information content (AvgIpc) is 1.71. The molecule has 0 saturated heterocycles. The lowest BCUT2D eigenvalue weighted by Gasteiger charge is -2.13. The number of pyridine rings is 2. The zero-order valence-corrected chi connectivity index (χ0v) is 27.1. The van der Waals surface area contributed by atoms with Gasteiger partial charge >= 0.3 is 0 Å². The van der Waals surface area contributed by atoms with Gasteiger partial charge in [0.25, 0.3) is 0 Å². The van der Waals surface area contributed by atoms with Crippen molar-refractivity contribution in [3.63, 3.8) is 0 Å². The molecule has 0 amide bonds. The highest BCUT2D eigenvalue weighted by Crippen LogP contribution is 2.52. The maximum atomic E-state index is 9.76. The van der Waals surface area contributed by atoms with Gasteiger partial charge in [0.1, 0.15) is 0 Å². The van der Waals surface area contributed by atoms with Crippen molar-refractivity contribution >= 4 is 43.9 Å². The van der Waals surface area contributed by atoms with Crippen LogP contribution in [0.5, 0.6) is 0 Å². The fraction of sp³-hybridized carbons (Fsp3) is 0. The number of nitrogens with zero attached hydrogens (tertiary/aromatic N) is 2. The molecule has 0 aliphatic carbocycles. The third-order valence-corrected chi connectivity index (χ3v) is 9.15. The highest BCUT2D eigenvalue weighted by molar-refractivity contribution is 7.20. The number of hydrogen-bond acceptors (Lipinski definition) is 3. The molecule has 0 bridgehead atoms. The largest absolute Gasteiger partial charge is 0.254 e. The zero-order valence-electron chi connectivity index (χ0n) is 58.3. The molecule has 0 radical (unpaired) electrons. The van der Waals surface area contributed by atoms with Crippen molar-refractivity contribution in [1.29, 1.82) is 0 Å². The van der Waals surface area contributed by atoms with Crippen molar-refractivity contribution in [1.82, 2.24) is 9.97 Å². The first kappa shape index (κ1) is 12.5. The Bertz CT molecular complexity index is 4690. The summed E-state index contributed by atoms with van der Waals surface area (Å²) in [6, 6.07) is -30.5. The van der Waals surface area contributed by atoms with Gasteiger partial charge < -0.3 is 0 Å². The molecule has 3 heteroatoms. The van der Waals surface area contributed by atoms with Crippen LogP contribution in [0.4, 0.5) is 0 Å². The minimum Gasteiger partial charge on any atom is -0.254 e. The molecule has 10 aromatic rings. The number of hydrogen-bond donors (Lipinski definition) is 0. The highest BCUT2D eigenvalue weighted by atomic mass is 32.1. The van der Waals surface area contributed by atoms with Crippen molar-refractivity contribution in [2.45, 2.75) is 0 Å². The Morgan fingerprint density at radius 1 is 0.377 bits per heavy atom. The fourth-order valence-electron chi connectivity index (χ4n) is 5.66. The number of fused-ring (bicyclic) bond motifs is 4. The van der Waals surface area contributed by atoms with E-state index in [4.69, 9.17) is 28.8 Å². The van der Waals surface area contributed by atoms with Gasteiger partial charge in [-0.15, -0.1) is 11.3 Å².